The second-order valence-electron chi connectivity index (χ2n) is 6.38. The number of aromatic nitrogens is 3. The lowest BCUT2D eigenvalue weighted by Gasteiger charge is -2.10. The predicted molar refractivity (Wildman–Crippen MR) is 121 cm³/mol. The zero-order valence-corrected chi connectivity index (χ0v) is 17.8. The van der Waals surface area contributed by atoms with Gasteiger partial charge in [0.2, 0.25) is 5.13 Å². The fraction of sp³-hybridized carbons (Fsp3) is 0.182. The van der Waals surface area contributed by atoms with E-state index in [2.05, 4.69) is 53.6 Å². The topological polar surface area (TPSA) is 67.8 Å². The highest BCUT2D eigenvalue weighted by Crippen LogP contribution is 2.28. The van der Waals surface area contributed by atoms with Crippen LogP contribution in [-0.4, -0.2) is 26.8 Å². The third kappa shape index (κ3) is 4.31. The summed E-state index contributed by atoms with van der Waals surface area (Å²) >= 11 is 2.99. The minimum Gasteiger partial charge on any atom is -0.296 e. The summed E-state index contributed by atoms with van der Waals surface area (Å²) in [6.07, 6.45) is 0.985. The summed E-state index contributed by atoms with van der Waals surface area (Å²) < 4.78 is 0.846. The minimum atomic E-state index is -0.209. The normalized spacial score (nSPS) is 11.0. The summed E-state index contributed by atoms with van der Waals surface area (Å²) in [6, 6.07) is 17.8. The lowest BCUT2D eigenvalue weighted by atomic mass is 10.0. The van der Waals surface area contributed by atoms with Gasteiger partial charge in [0.05, 0.1) is 16.8 Å². The largest absolute Gasteiger partial charge is 0.296 e. The summed E-state index contributed by atoms with van der Waals surface area (Å²) in [6.45, 7) is 4.19. The molecular formula is C22H20N4OS2. The summed E-state index contributed by atoms with van der Waals surface area (Å²) in [5.74, 6) is 0.705. The van der Waals surface area contributed by atoms with Gasteiger partial charge in [-0.2, -0.15) is 0 Å². The van der Waals surface area contributed by atoms with Crippen molar-refractivity contribution in [2.45, 2.75) is 24.6 Å². The molecule has 0 bridgehead atoms. The predicted octanol–water partition coefficient (Wildman–Crippen LogP) is 5.68. The lowest BCUT2D eigenvalue weighted by Crippen LogP contribution is -2.13. The van der Waals surface area contributed by atoms with Crippen LogP contribution in [0.25, 0.3) is 22.2 Å². The van der Waals surface area contributed by atoms with E-state index in [1.54, 1.807) is 11.8 Å². The van der Waals surface area contributed by atoms with Crippen molar-refractivity contribution in [3.63, 3.8) is 0 Å². The smallest absolute Gasteiger partial charge is 0.258 e. The Bertz CT molecular complexity index is 1160. The fourth-order valence-corrected chi connectivity index (χ4v) is 4.67. The Hall–Kier alpha value is -2.77. The molecule has 29 heavy (non-hydrogen) atoms. The molecule has 0 radical (unpaired) electrons. The average Bonchev–Trinajstić information content (AvgIpc) is 3.20. The molecule has 0 aliphatic rings. The first-order valence-electron chi connectivity index (χ1n) is 9.44. The van der Waals surface area contributed by atoms with Crippen LogP contribution in [0.5, 0.6) is 0 Å². The fourth-order valence-electron chi connectivity index (χ4n) is 3.03. The van der Waals surface area contributed by atoms with Gasteiger partial charge in [0.15, 0.2) is 4.34 Å². The summed E-state index contributed by atoms with van der Waals surface area (Å²) in [5.41, 5.74) is 4.39. The van der Waals surface area contributed by atoms with Gasteiger partial charge in [0.1, 0.15) is 0 Å². The first-order valence-corrected chi connectivity index (χ1v) is 11.2. The van der Waals surface area contributed by atoms with Crippen LogP contribution in [0.1, 0.15) is 29.8 Å². The molecule has 4 aromatic rings. The zero-order valence-electron chi connectivity index (χ0n) is 16.2. The monoisotopic (exact) mass is 420 g/mol. The van der Waals surface area contributed by atoms with Gasteiger partial charge in [-0.05, 0) is 29.9 Å². The number of hydrogen-bond acceptors (Lipinski definition) is 6. The Morgan fingerprint density at radius 1 is 1.07 bits per heavy atom. The molecule has 146 valence electrons. The SMILES string of the molecule is CCSc1nnc(NC(=O)c2cc(-c3ccc(CC)cc3)nc3ccccc23)s1. The number of benzene rings is 2. The van der Waals surface area contributed by atoms with Crippen molar-refractivity contribution in [2.75, 3.05) is 11.1 Å². The summed E-state index contributed by atoms with van der Waals surface area (Å²) in [7, 11) is 0. The van der Waals surface area contributed by atoms with Crippen molar-refractivity contribution in [2.24, 2.45) is 0 Å². The molecule has 5 nitrogen and oxygen atoms in total. The molecule has 0 aliphatic heterocycles. The van der Waals surface area contributed by atoms with E-state index in [0.717, 1.165) is 38.7 Å². The molecule has 7 heteroatoms. The van der Waals surface area contributed by atoms with Gasteiger partial charge in [-0.3, -0.25) is 10.1 Å². The van der Waals surface area contributed by atoms with Crippen molar-refractivity contribution in [3.05, 3.63) is 65.7 Å². The van der Waals surface area contributed by atoms with Crippen LogP contribution in [0, 0.1) is 0 Å². The Morgan fingerprint density at radius 2 is 1.86 bits per heavy atom. The van der Waals surface area contributed by atoms with Gasteiger partial charge >= 0.3 is 0 Å². The Morgan fingerprint density at radius 3 is 2.62 bits per heavy atom. The van der Waals surface area contributed by atoms with E-state index in [9.17, 15) is 4.79 Å². The number of fused-ring (bicyclic) bond motifs is 1. The van der Waals surface area contributed by atoms with E-state index in [1.807, 2.05) is 30.3 Å². The number of carbonyl (C=O) groups is 1. The van der Waals surface area contributed by atoms with Crippen LogP contribution in [0.4, 0.5) is 5.13 Å². The van der Waals surface area contributed by atoms with Gasteiger partial charge in [-0.15, -0.1) is 10.2 Å². The maximum absolute atomic E-state index is 13.1. The van der Waals surface area contributed by atoms with E-state index in [0.29, 0.717) is 10.7 Å². The number of anilines is 1. The van der Waals surface area contributed by atoms with Crippen molar-refractivity contribution >= 4 is 45.0 Å². The Kier molecular flexibility index (Phi) is 5.87. The highest BCUT2D eigenvalue weighted by atomic mass is 32.2. The maximum Gasteiger partial charge on any atom is 0.258 e. The van der Waals surface area contributed by atoms with Crippen LogP contribution in [0.2, 0.25) is 0 Å². The number of amides is 1. The molecule has 0 spiro atoms. The van der Waals surface area contributed by atoms with Gasteiger partial charge in [-0.25, -0.2) is 4.98 Å². The third-order valence-electron chi connectivity index (χ3n) is 4.51. The minimum absolute atomic E-state index is 0.209. The van der Waals surface area contributed by atoms with Gasteiger partial charge < -0.3 is 0 Å². The van der Waals surface area contributed by atoms with E-state index < -0.39 is 0 Å². The van der Waals surface area contributed by atoms with Crippen LogP contribution in [0.15, 0.2) is 58.9 Å². The van der Waals surface area contributed by atoms with Gasteiger partial charge in [-0.1, -0.05) is 79.4 Å². The molecule has 2 aromatic carbocycles. The molecule has 1 amide bonds. The van der Waals surface area contributed by atoms with Crippen molar-refractivity contribution in [3.8, 4) is 11.3 Å². The molecule has 0 saturated carbocycles. The van der Waals surface area contributed by atoms with Crippen molar-refractivity contribution in [1.82, 2.24) is 15.2 Å². The number of thioether (sulfide) groups is 1. The molecule has 1 N–H and O–H groups in total. The summed E-state index contributed by atoms with van der Waals surface area (Å²) in [5, 5.41) is 12.4. The van der Waals surface area contributed by atoms with E-state index in [4.69, 9.17) is 4.98 Å². The molecule has 4 rings (SSSR count). The van der Waals surface area contributed by atoms with Crippen molar-refractivity contribution in [1.29, 1.82) is 0 Å². The molecule has 0 atom stereocenters. The number of aryl methyl sites for hydroxylation is 1. The molecule has 2 aromatic heterocycles. The standard InChI is InChI=1S/C22H20N4OS2/c1-3-14-9-11-15(12-10-14)19-13-17(16-7-5-6-8-18(16)23-19)20(27)24-21-25-26-22(29-21)28-4-2/h5-13H,3-4H2,1-2H3,(H,24,25,27). The van der Waals surface area contributed by atoms with Crippen molar-refractivity contribution < 1.29 is 4.79 Å². The number of carbonyl (C=O) groups excluding carboxylic acids is 1. The number of rotatable bonds is 6. The first-order chi connectivity index (χ1) is 14.2. The number of hydrogen-bond donors (Lipinski definition) is 1. The number of nitrogens with one attached hydrogen (secondary N) is 1. The van der Waals surface area contributed by atoms with Crippen LogP contribution < -0.4 is 5.32 Å². The second kappa shape index (κ2) is 8.71. The molecule has 0 aliphatic carbocycles. The van der Waals surface area contributed by atoms with E-state index in [1.165, 1.54) is 16.9 Å². The van der Waals surface area contributed by atoms with Crippen LogP contribution in [-0.2, 0) is 6.42 Å². The summed E-state index contributed by atoms with van der Waals surface area (Å²) in [4.78, 5) is 17.8. The molecule has 2 heterocycles. The zero-order chi connectivity index (χ0) is 20.2. The lowest BCUT2D eigenvalue weighted by molar-refractivity contribution is 0.102. The molecule has 0 saturated heterocycles. The molecular weight excluding hydrogens is 400 g/mol. The maximum atomic E-state index is 13.1. The van der Waals surface area contributed by atoms with Crippen LogP contribution in [0.3, 0.4) is 0 Å². The average molecular weight is 421 g/mol. The highest BCUT2D eigenvalue weighted by molar-refractivity contribution is 8.01. The third-order valence-corrected chi connectivity index (χ3v) is 6.37. The quantitative estimate of drug-likeness (QED) is 0.321. The van der Waals surface area contributed by atoms with Gasteiger partial charge in [0.25, 0.3) is 5.91 Å². The number of pyridine rings is 1. The second-order valence-corrected chi connectivity index (χ2v) is 8.87. The first kappa shape index (κ1) is 19.5. The van der Waals surface area contributed by atoms with Gasteiger partial charge in [0, 0.05) is 10.9 Å². The Balaban J connectivity index is 1.72. The molecule has 0 fully saturated rings. The number of nitrogens with zero attached hydrogens (tertiary/aromatic N) is 3. The van der Waals surface area contributed by atoms with Crippen LogP contribution >= 0.6 is 23.1 Å². The number of para-hydroxylation sites is 1. The van der Waals surface area contributed by atoms with E-state index >= 15 is 0 Å². The molecule has 0 unspecified atom stereocenters. The van der Waals surface area contributed by atoms with E-state index in [-0.39, 0.29) is 5.91 Å². The highest BCUT2D eigenvalue weighted by Gasteiger charge is 2.16. The Labute approximate surface area is 177 Å².